The van der Waals surface area contributed by atoms with Crippen molar-refractivity contribution in [2.45, 2.75) is 0 Å². The van der Waals surface area contributed by atoms with Crippen molar-refractivity contribution in [1.82, 2.24) is 4.40 Å². The van der Waals surface area contributed by atoms with Crippen LogP contribution in [0, 0.1) is 11.3 Å². The molecule has 0 saturated heterocycles. The van der Waals surface area contributed by atoms with E-state index in [0.717, 1.165) is 5.52 Å². The third-order valence-electron chi connectivity index (χ3n) is 1.84. The highest BCUT2D eigenvalue weighted by atomic mass is 15.0. The zero-order valence-corrected chi connectivity index (χ0v) is 6.36. The molecule has 2 aromatic heterocycles. The van der Waals surface area contributed by atoms with Gasteiger partial charge in [-0.15, -0.1) is 0 Å². The number of rotatable bonds is 0. The van der Waals surface area contributed by atoms with Crippen LogP contribution in [0.15, 0.2) is 30.5 Å². The molecule has 3 nitrogen and oxygen atoms in total. The third-order valence-corrected chi connectivity index (χ3v) is 1.84. The monoisotopic (exact) mass is 157 g/mol. The van der Waals surface area contributed by atoms with Gasteiger partial charge in [0.2, 0.25) is 0 Å². The lowest BCUT2D eigenvalue weighted by atomic mass is 10.3. The summed E-state index contributed by atoms with van der Waals surface area (Å²) in [7, 11) is 0. The van der Waals surface area contributed by atoms with Gasteiger partial charge in [0.05, 0.1) is 5.56 Å². The predicted octanol–water partition coefficient (Wildman–Crippen LogP) is 1.39. The number of nitriles is 1. The van der Waals surface area contributed by atoms with Gasteiger partial charge in [-0.2, -0.15) is 5.26 Å². The highest BCUT2D eigenvalue weighted by Gasteiger charge is 2.03. The molecular weight excluding hydrogens is 150 g/mol. The second-order valence-corrected chi connectivity index (χ2v) is 2.55. The van der Waals surface area contributed by atoms with Crippen LogP contribution in [0.4, 0.5) is 5.82 Å². The first kappa shape index (κ1) is 6.74. The van der Waals surface area contributed by atoms with E-state index in [9.17, 15) is 0 Å². The van der Waals surface area contributed by atoms with Gasteiger partial charge in [-0.05, 0) is 18.2 Å². The Bertz CT molecular complexity index is 462. The molecule has 0 aliphatic rings. The van der Waals surface area contributed by atoms with Crippen molar-refractivity contribution in [2.24, 2.45) is 0 Å². The minimum absolute atomic E-state index is 0.508. The second kappa shape index (κ2) is 2.28. The fraction of sp³-hybridized carbons (Fsp3) is 0. The van der Waals surface area contributed by atoms with Gasteiger partial charge in [0, 0.05) is 11.7 Å². The summed E-state index contributed by atoms with van der Waals surface area (Å²) < 4.78 is 1.79. The Morgan fingerprint density at radius 1 is 1.42 bits per heavy atom. The van der Waals surface area contributed by atoms with Crippen LogP contribution in [0.1, 0.15) is 5.56 Å². The van der Waals surface area contributed by atoms with Gasteiger partial charge >= 0.3 is 0 Å². The first-order valence-corrected chi connectivity index (χ1v) is 3.58. The molecule has 0 aliphatic heterocycles. The largest absolute Gasteiger partial charge is 0.384 e. The number of fused-ring (bicyclic) bond motifs is 1. The normalized spacial score (nSPS) is 9.92. The smallest absolute Gasteiger partial charge is 0.126 e. The van der Waals surface area contributed by atoms with Crippen molar-refractivity contribution in [1.29, 1.82) is 5.26 Å². The van der Waals surface area contributed by atoms with Crippen LogP contribution in [0.2, 0.25) is 0 Å². The number of nitrogens with two attached hydrogens (primary N) is 1. The minimum atomic E-state index is 0.508. The lowest BCUT2D eigenvalue weighted by Crippen LogP contribution is -1.92. The van der Waals surface area contributed by atoms with Gasteiger partial charge < -0.3 is 10.1 Å². The Morgan fingerprint density at radius 3 is 2.92 bits per heavy atom. The van der Waals surface area contributed by atoms with Crippen LogP contribution >= 0.6 is 0 Å². The van der Waals surface area contributed by atoms with Gasteiger partial charge in [-0.3, -0.25) is 0 Å². The standard InChI is InChI=1S/C9H7N3/c10-6-7-5-8-3-1-2-4-12(8)9(7)11/h1-5H,11H2. The minimum Gasteiger partial charge on any atom is -0.384 e. The zero-order valence-electron chi connectivity index (χ0n) is 6.36. The molecule has 0 atom stereocenters. The Morgan fingerprint density at radius 2 is 2.25 bits per heavy atom. The van der Waals surface area contributed by atoms with Crippen LogP contribution in [0.5, 0.6) is 0 Å². The molecule has 2 N–H and O–H groups in total. The first-order chi connectivity index (χ1) is 5.83. The molecule has 0 bridgehead atoms. The summed E-state index contributed by atoms with van der Waals surface area (Å²) in [6, 6.07) is 9.52. The van der Waals surface area contributed by atoms with Crippen molar-refractivity contribution >= 4 is 11.3 Å². The molecule has 0 amide bonds. The van der Waals surface area contributed by atoms with E-state index in [-0.39, 0.29) is 0 Å². The van der Waals surface area contributed by atoms with Crippen molar-refractivity contribution in [2.75, 3.05) is 5.73 Å². The van der Waals surface area contributed by atoms with Crippen LogP contribution in [-0.2, 0) is 0 Å². The van der Waals surface area contributed by atoms with E-state index in [2.05, 4.69) is 0 Å². The van der Waals surface area contributed by atoms with E-state index in [1.807, 2.05) is 30.5 Å². The van der Waals surface area contributed by atoms with E-state index < -0.39 is 0 Å². The SMILES string of the molecule is N#Cc1cc2ccccn2c1N. The number of hydrogen-bond acceptors (Lipinski definition) is 2. The fourth-order valence-corrected chi connectivity index (χ4v) is 1.23. The molecule has 0 aliphatic carbocycles. The highest BCUT2D eigenvalue weighted by Crippen LogP contribution is 2.16. The van der Waals surface area contributed by atoms with Crippen LogP contribution in [0.25, 0.3) is 5.52 Å². The molecule has 2 aromatic rings. The molecule has 0 spiro atoms. The molecular formula is C9H7N3. The van der Waals surface area contributed by atoms with Crippen molar-refractivity contribution < 1.29 is 0 Å². The number of hydrogen-bond donors (Lipinski definition) is 1. The highest BCUT2D eigenvalue weighted by molar-refractivity contribution is 5.65. The summed E-state index contributed by atoms with van der Waals surface area (Å²) in [6.45, 7) is 0. The number of pyridine rings is 1. The molecule has 0 fully saturated rings. The molecule has 3 heteroatoms. The Hall–Kier alpha value is -1.95. The third kappa shape index (κ3) is 0.753. The summed E-state index contributed by atoms with van der Waals surface area (Å²) in [5, 5.41) is 8.68. The zero-order chi connectivity index (χ0) is 8.55. The van der Waals surface area contributed by atoms with E-state index in [1.54, 1.807) is 10.5 Å². The van der Waals surface area contributed by atoms with Crippen LogP contribution in [-0.4, -0.2) is 4.40 Å². The van der Waals surface area contributed by atoms with Gasteiger partial charge in [-0.25, -0.2) is 0 Å². The number of anilines is 1. The molecule has 0 aromatic carbocycles. The molecule has 0 unspecified atom stereocenters. The van der Waals surface area contributed by atoms with Crippen molar-refractivity contribution in [3.63, 3.8) is 0 Å². The lowest BCUT2D eigenvalue weighted by Gasteiger charge is -1.94. The van der Waals surface area contributed by atoms with Crippen LogP contribution in [0.3, 0.4) is 0 Å². The maximum atomic E-state index is 8.68. The molecule has 0 saturated carbocycles. The molecule has 2 rings (SSSR count). The summed E-state index contributed by atoms with van der Waals surface area (Å²) in [4.78, 5) is 0. The predicted molar refractivity (Wildman–Crippen MR) is 46.5 cm³/mol. The summed E-state index contributed by atoms with van der Waals surface area (Å²) in [5.74, 6) is 0.508. The number of nitrogens with zero attached hydrogens (tertiary/aromatic N) is 2. The molecule has 2 heterocycles. The van der Waals surface area contributed by atoms with Crippen molar-refractivity contribution in [3.05, 3.63) is 36.0 Å². The number of aromatic nitrogens is 1. The molecule has 58 valence electrons. The van der Waals surface area contributed by atoms with E-state index in [0.29, 0.717) is 11.4 Å². The van der Waals surface area contributed by atoms with E-state index >= 15 is 0 Å². The topological polar surface area (TPSA) is 54.2 Å². The fourth-order valence-electron chi connectivity index (χ4n) is 1.23. The summed E-state index contributed by atoms with van der Waals surface area (Å²) in [6.07, 6.45) is 1.84. The van der Waals surface area contributed by atoms with E-state index in [4.69, 9.17) is 11.0 Å². The quantitative estimate of drug-likeness (QED) is 0.628. The first-order valence-electron chi connectivity index (χ1n) is 3.58. The maximum absolute atomic E-state index is 8.68. The second-order valence-electron chi connectivity index (χ2n) is 2.55. The Kier molecular flexibility index (Phi) is 1.28. The van der Waals surface area contributed by atoms with Gasteiger partial charge in [0.25, 0.3) is 0 Å². The average molecular weight is 157 g/mol. The Labute approximate surface area is 69.6 Å². The molecule has 0 radical (unpaired) electrons. The summed E-state index contributed by atoms with van der Waals surface area (Å²) in [5.41, 5.74) is 7.17. The van der Waals surface area contributed by atoms with Gasteiger partial charge in [0.1, 0.15) is 11.9 Å². The molecule has 12 heavy (non-hydrogen) atoms. The average Bonchev–Trinajstić information content (AvgIpc) is 2.44. The van der Waals surface area contributed by atoms with Crippen LogP contribution < -0.4 is 5.73 Å². The van der Waals surface area contributed by atoms with Crippen molar-refractivity contribution in [3.8, 4) is 6.07 Å². The number of nitrogen functional groups attached to an aromatic ring is 1. The summed E-state index contributed by atoms with van der Waals surface area (Å²) >= 11 is 0. The maximum Gasteiger partial charge on any atom is 0.126 e. The Balaban J connectivity index is 2.90. The van der Waals surface area contributed by atoms with Gasteiger partial charge in [0.15, 0.2) is 0 Å². The van der Waals surface area contributed by atoms with Gasteiger partial charge in [-0.1, -0.05) is 6.07 Å². The van der Waals surface area contributed by atoms with E-state index in [1.165, 1.54) is 0 Å². The lowest BCUT2D eigenvalue weighted by molar-refractivity contribution is 1.21.